The van der Waals surface area contributed by atoms with Crippen molar-refractivity contribution in [2.75, 3.05) is 0 Å². The standard InChI is InChI=1S/C23H22F5NO/c1-14-2-4-15(5-3-14)6-7-16-10-20(25)22(21(26)11-16)30-23(27,28)18-9-8-17(13-29)19(24)12-18/h8-12,14-15H,2-7H2,1H3. The summed E-state index contributed by atoms with van der Waals surface area (Å²) in [7, 11) is 0. The van der Waals surface area contributed by atoms with Crippen LogP contribution in [0.2, 0.25) is 0 Å². The van der Waals surface area contributed by atoms with Crippen molar-refractivity contribution in [1.82, 2.24) is 0 Å². The van der Waals surface area contributed by atoms with Gasteiger partial charge in [0, 0.05) is 0 Å². The third-order valence-corrected chi connectivity index (χ3v) is 5.69. The molecule has 0 unspecified atom stereocenters. The maximum Gasteiger partial charge on any atom is 0.427 e. The van der Waals surface area contributed by atoms with Gasteiger partial charge >= 0.3 is 6.11 Å². The van der Waals surface area contributed by atoms with Gasteiger partial charge in [-0.2, -0.15) is 14.0 Å². The number of hydrogen-bond acceptors (Lipinski definition) is 2. The van der Waals surface area contributed by atoms with Gasteiger partial charge < -0.3 is 4.74 Å². The Kier molecular flexibility index (Phi) is 6.64. The van der Waals surface area contributed by atoms with Crippen molar-refractivity contribution in [3.8, 4) is 11.8 Å². The van der Waals surface area contributed by atoms with Crippen LogP contribution in [0.1, 0.15) is 55.7 Å². The van der Waals surface area contributed by atoms with Gasteiger partial charge in [-0.25, -0.2) is 13.2 Å². The molecule has 0 aromatic heterocycles. The van der Waals surface area contributed by atoms with E-state index in [1.165, 1.54) is 6.07 Å². The number of alkyl halides is 2. The zero-order valence-electron chi connectivity index (χ0n) is 16.5. The van der Waals surface area contributed by atoms with Gasteiger partial charge in [0.2, 0.25) is 0 Å². The highest BCUT2D eigenvalue weighted by Gasteiger charge is 2.37. The smallest absolute Gasteiger partial charge is 0.423 e. The minimum absolute atomic E-state index is 0.378. The maximum atomic E-state index is 14.4. The first-order valence-electron chi connectivity index (χ1n) is 9.94. The summed E-state index contributed by atoms with van der Waals surface area (Å²) in [5.41, 5.74) is -0.999. The largest absolute Gasteiger partial charge is 0.427 e. The predicted molar refractivity (Wildman–Crippen MR) is 101 cm³/mol. The Morgan fingerprint density at radius 3 is 2.20 bits per heavy atom. The topological polar surface area (TPSA) is 33.0 Å². The second-order valence-corrected chi connectivity index (χ2v) is 7.98. The van der Waals surface area contributed by atoms with E-state index in [-0.39, 0.29) is 0 Å². The van der Waals surface area contributed by atoms with Crippen LogP contribution in [-0.4, -0.2) is 0 Å². The fraction of sp³-hybridized carbons (Fsp3) is 0.435. The molecular weight excluding hydrogens is 401 g/mol. The number of aryl methyl sites for hydroxylation is 1. The van der Waals surface area contributed by atoms with E-state index in [0.29, 0.717) is 29.9 Å². The fourth-order valence-electron chi connectivity index (χ4n) is 3.82. The summed E-state index contributed by atoms with van der Waals surface area (Å²) in [6.45, 7) is 2.21. The van der Waals surface area contributed by atoms with E-state index in [0.717, 1.165) is 56.4 Å². The molecular formula is C23H22F5NO. The maximum absolute atomic E-state index is 14.4. The van der Waals surface area contributed by atoms with Crippen LogP contribution < -0.4 is 4.74 Å². The number of hydrogen-bond donors (Lipinski definition) is 0. The molecule has 30 heavy (non-hydrogen) atoms. The van der Waals surface area contributed by atoms with Gasteiger partial charge in [0.1, 0.15) is 11.9 Å². The van der Waals surface area contributed by atoms with Gasteiger partial charge in [-0.3, -0.25) is 0 Å². The number of rotatable bonds is 6. The molecule has 0 radical (unpaired) electrons. The normalized spacial score (nSPS) is 19.4. The first kappa shape index (κ1) is 22.1. The molecule has 0 atom stereocenters. The summed E-state index contributed by atoms with van der Waals surface area (Å²) in [5, 5.41) is 8.68. The molecule has 2 aromatic rings. The van der Waals surface area contributed by atoms with E-state index >= 15 is 0 Å². The number of nitrogens with zero attached hydrogens (tertiary/aromatic N) is 1. The Bertz CT molecular complexity index is 922. The Balaban J connectivity index is 1.72. The van der Waals surface area contributed by atoms with Crippen molar-refractivity contribution in [2.45, 2.75) is 51.6 Å². The molecule has 1 aliphatic rings. The van der Waals surface area contributed by atoms with E-state index in [1.54, 1.807) is 0 Å². The Labute approximate surface area is 172 Å². The molecule has 2 aromatic carbocycles. The van der Waals surface area contributed by atoms with E-state index in [1.807, 2.05) is 0 Å². The van der Waals surface area contributed by atoms with Crippen LogP contribution in [0.3, 0.4) is 0 Å². The molecule has 7 heteroatoms. The minimum Gasteiger partial charge on any atom is -0.423 e. The van der Waals surface area contributed by atoms with Crippen LogP contribution in [0.4, 0.5) is 22.0 Å². The first-order valence-corrected chi connectivity index (χ1v) is 9.94. The second kappa shape index (κ2) is 9.03. The van der Waals surface area contributed by atoms with Crippen LogP contribution in [-0.2, 0) is 12.5 Å². The van der Waals surface area contributed by atoms with E-state index < -0.39 is 40.4 Å². The van der Waals surface area contributed by atoms with Gasteiger partial charge in [0.25, 0.3) is 0 Å². The van der Waals surface area contributed by atoms with Crippen molar-refractivity contribution >= 4 is 0 Å². The first-order chi connectivity index (χ1) is 14.2. The number of nitriles is 1. The van der Waals surface area contributed by atoms with Crippen molar-refractivity contribution in [2.24, 2.45) is 11.8 Å². The molecule has 0 N–H and O–H groups in total. The lowest BCUT2D eigenvalue weighted by molar-refractivity contribution is -0.188. The lowest BCUT2D eigenvalue weighted by Gasteiger charge is -2.26. The van der Waals surface area contributed by atoms with E-state index in [4.69, 9.17) is 5.26 Å². The number of ether oxygens (including phenoxy) is 1. The summed E-state index contributed by atoms with van der Waals surface area (Å²) in [5.74, 6) is -3.67. The molecule has 0 saturated heterocycles. The van der Waals surface area contributed by atoms with Crippen LogP contribution >= 0.6 is 0 Å². The summed E-state index contributed by atoms with van der Waals surface area (Å²) >= 11 is 0. The number of benzene rings is 2. The molecule has 0 heterocycles. The predicted octanol–water partition coefficient (Wildman–Crippen LogP) is 6.86. The minimum atomic E-state index is -4.18. The van der Waals surface area contributed by atoms with Crippen LogP contribution in [0.25, 0.3) is 0 Å². The highest BCUT2D eigenvalue weighted by atomic mass is 19.3. The second-order valence-electron chi connectivity index (χ2n) is 7.98. The Hall–Kier alpha value is -2.62. The highest BCUT2D eigenvalue weighted by Crippen LogP contribution is 2.36. The lowest BCUT2D eigenvalue weighted by Crippen LogP contribution is -2.23. The number of halogens is 5. The van der Waals surface area contributed by atoms with Crippen LogP contribution in [0.15, 0.2) is 30.3 Å². The lowest BCUT2D eigenvalue weighted by atomic mass is 9.80. The molecule has 1 fully saturated rings. The van der Waals surface area contributed by atoms with E-state index in [9.17, 15) is 22.0 Å². The average molecular weight is 423 g/mol. The SMILES string of the molecule is CC1CCC(CCc2cc(F)c(OC(F)(F)c3ccc(C#N)c(F)c3)c(F)c2)CC1. The van der Waals surface area contributed by atoms with Gasteiger partial charge in [-0.05, 0) is 60.6 Å². The van der Waals surface area contributed by atoms with Crippen molar-refractivity contribution in [1.29, 1.82) is 5.26 Å². The molecule has 160 valence electrons. The summed E-state index contributed by atoms with van der Waals surface area (Å²) in [6, 6.07) is 5.54. The third kappa shape index (κ3) is 5.10. The molecule has 3 rings (SSSR count). The zero-order chi connectivity index (χ0) is 21.9. The molecule has 0 aliphatic heterocycles. The van der Waals surface area contributed by atoms with Gasteiger partial charge in [-0.15, -0.1) is 0 Å². The van der Waals surface area contributed by atoms with Crippen molar-refractivity contribution in [3.63, 3.8) is 0 Å². The third-order valence-electron chi connectivity index (χ3n) is 5.69. The molecule has 0 amide bonds. The average Bonchev–Trinajstić information content (AvgIpc) is 2.70. The Morgan fingerprint density at radius 1 is 1.00 bits per heavy atom. The molecule has 1 saturated carbocycles. The van der Waals surface area contributed by atoms with Gasteiger partial charge in [0.15, 0.2) is 17.4 Å². The molecule has 0 spiro atoms. The summed E-state index contributed by atoms with van der Waals surface area (Å²) in [4.78, 5) is 0. The van der Waals surface area contributed by atoms with E-state index in [2.05, 4.69) is 11.7 Å². The van der Waals surface area contributed by atoms with Crippen LogP contribution in [0.5, 0.6) is 5.75 Å². The quantitative estimate of drug-likeness (QED) is 0.476. The fourth-order valence-corrected chi connectivity index (χ4v) is 3.82. The zero-order valence-corrected chi connectivity index (χ0v) is 16.5. The van der Waals surface area contributed by atoms with Gasteiger partial charge in [-0.1, -0.05) is 32.6 Å². The molecule has 1 aliphatic carbocycles. The van der Waals surface area contributed by atoms with Crippen molar-refractivity contribution < 1.29 is 26.7 Å². The highest BCUT2D eigenvalue weighted by molar-refractivity contribution is 5.36. The molecule has 2 nitrogen and oxygen atoms in total. The summed E-state index contributed by atoms with van der Waals surface area (Å²) < 4.78 is 75.3. The summed E-state index contributed by atoms with van der Waals surface area (Å²) in [6.07, 6.45) is 1.51. The van der Waals surface area contributed by atoms with Crippen LogP contribution in [0, 0.1) is 40.6 Å². The Morgan fingerprint density at radius 2 is 1.63 bits per heavy atom. The monoisotopic (exact) mass is 423 g/mol. The van der Waals surface area contributed by atoms with Crippen molar-refractivity contribution in [3.05, 3.63) is 64.5 Å². The van der Waals surface area contributed by atoms with Gasteiger partial charge in [0.05, 0.1) is 11.1 Å². The molecule has 0 bridgehead atoms.